The summed E-state index contributed by atoms with van der Waals surface area (Å²) in [5, 5.41) is 22.3. The van der Waals surface area contributed by atoms with Crippen LogP contribution in [0.4, 0.5) is 4.79 Å². The Balaban J connectivity index is 1.42. The average molecular weight is 382 g/mol. The van der Waals surface area contributed by atoms with Gasteiger partial charge in [0.1, 0.15) is 0 Å². The van der Waals surface area contributed by atoms with Crippen LogP contribution >= 0.6 is 0 Å². The van der Waals surface area contributed by atoms with E-state index in [0.717, 1.165) is 24.0 Å². The lowest BCUT2D eigenvalue weighted by Gasteiger charge is -2.34. The van der Waals surface area contributed by atoms with Crippen LogP contribution in [0.15, 0.2) is 54.6 Å². The molecule has 2 aromatic rings. The molecule has 1 unspecified atom stereocenters. The fourth-order valence-corrected chi connectivity index (χ4v) is 3.56. The lowest BCUT2D eigenvalue weighted by atomic mass is 9.88. The molecule has 2 aromatic carbocycles. The first-order valence-corrected chi connectivity index (χ1v) is 9.60. The number of nitrogens with zero attached hydrogens (tertiary/aromatic N) is 1. The minimum atomic E-state index is -0.965. The quantitative estimate of drug-likeness (QED) is 0.717. The van der Waals surface area contributed by atoms with E-state index in [-0.39, 0.29) is 23.6 Å². The molecule has 1 saturated heterocycles. The van der Waals surface area contributed by atoms with Gasteiger partial charge in [-0.15, -0.1) is 0 Å². The topological polar surface area (TPSA) is 89.9 Å². The van der Waals surface area contributed by atoms with Crippen molar-refractivity contribution in [3.05, 3.63) is 71.3 Å². The highest BCUT2D eigenvalue weighted by atomic mass is 16.4. The molecule has 1 aliphatic heterocycles. The number of likely N-dealkylation sites (tertiary alicyclic amines) is 1. The zero-order valence-electron chi connectivity index (χ0n) is 15.8. The number of benzene rings is 2. The van der Waals surface area contributed by atoms with Gasteiger partial charge in [0, 0.05) is 19.6 Å². The number of rotatable bonds is 6. The monoisotopic (exact) mass is 382 g/mol. The van der Waals surface area contributed by atoms with Crippen molar-refractivity contribution >= 4 is 12.0 Å². The molecule has 0 aromatic heterocycles. The third-order valence-electron chi connectivity index (χ3n) is 5.30. The van der Waals surface area contributed by atoms with Gasteiger partial charge >= 0.3 is 12.0 Å². The summed E-state index contributed by atoms with van der Waals surface area (Å²) in [6.07, 6.45) is 1.83. The molecule has 28 heavy (non-hydrogen) atoms. The molecule has 1 heterocycles. The molecule has 0 spiro atoms. The van der Waals surface area contributed by atoms with E-state index < -0.39 is 5.97 Å². The van der Waals surface area contributed by atoms with E-state index >= 15 is 0 Å². The first-order valence-electron chi connectivity index (χ1n) is 9.60. The number of hydrogen-bond donors (Lipinski definition) is 3. The van der Waals surface area contributed by atoms with Gasteiger partial charge in [-0.05, 0) is 48.4 Å². The van der Waals surface area contributed by atoms with E-state index in [0.29, 0.717) is 26.1 Å². The molecule has 0 radical (unpaired) electrons. The highest BCUT2D eigenvalue weighted by molar-refractivity contribution is 5.87. The summed E-state index contributed by atoms with van der Waals surface area (Å²) in [6.45, 7) is 1.61. The zero-order chi connectivity index (χ0) is 19.9. The molecular formula is C22H26N2O4. The summed E-state index contributed by atoms with van der Waals surface area (Å²) in [4.78, 5) is 25.0. The number of urea groups is 1. The van der Waals surface area contributed by atoms with Crippen molar-refractivity contribution in [1.29, 1.82) is 0 Å². The summed E-state index contributed by atoms with van der Waals surface area (Å²) in [7, 11) is 0. The number of aromatic carboxylic acids is 1. The Morgan fingerprint density at radius 2 is 1.64 bits per heavy atom. The largest absolute Gasteiger partial charge is 0.478 e. The number of carboxylic acids is 1. The minimum absolute atomic E-state index is 0.127. The first kappa shape index (κ1) is 19.9. The predicted molar refractivity (Wildman–Crippen MR) is 106 cm³/mol. The van der Waals surface area contributed by atoms with Gasteiger partial charge in [-0.1, -0.05) is 42.5 Å². The lowest BCUT2D eigenvalue weighted by molar-refractivity contribution is 0.0671. The number of carbonyl (C=O) groups is 2. The maximum Gasteiger partial charge on any atom is 0.335 e. The van der Waals surface area contributed by atoms with Crippen LogP contribution in [0.5, 0.6) is 0 Å². The van der Waals surface area contributed by atoms with Crippen molar-refractivity contribution in [2.24, 2.45) is 5.92 Å². The fourth-order valence-electron chi connectivity index (χ4n) is 3.56. The van der Waals surface area contributed by atoms with Crippen molar-refractivity contribution in [1.82, 2.24) is 10.2 Å². The van der Waals surface area contributed by atoms with Crippen molar-refractivity contribution < 1.29 is 19.8 Å². The van der Waals surface area contributed by atoms with Crippen LogP contribution in [0.3, 0.4) is 0 Å². The summed E-state index contributed by atoms with van der Waals surface area (Å²) >= 11 is 0. The molecule has 2 amide bonds. The van der Waals surface area contributed by atoms with Crippen molar-refractivity contribution in [2.75, 3.05) is 13.1 Å². The second-order valence-electron chi connectivity index (χ2n) is 7.24. The highest BCUT2D eigenvalue weighted by Gasteiger charge is 2.27. The highest BCUT2D eigenvalue weighted by Crippen LogP contribution is 2.23. The maximum atomic E-state index is 12.4. The van der Waals surface area contributed by atoms with Crippen LogP contribution < -0.4 is 5.32 Å². The number of carboxylic acid groups (broad SMARTS) is 1. The smallest absolute Gasteiger partial charge is 0.335 e. The van der Waals surface area contributed by atoms with Gasteiger partial charge in [0.25, 0.3) is 0 Å². The average Bonchev–Trinajstić information content (AvgIpc) is 2.73. The van der Waals surface area contributed by atoms with E-state index in [9.17, 15) is 14.7 Å². The lowest BCUT2D eigenvalue weighted by Crippen LogP contribution is -2.46. The van der Waals surface area contributed by atoms with Crippen molar-refractivity contribution in [2.45, 2.75) is 31.9 Å². The number of aliphatic hydroxyl groups is 1. The van der Waals surface area contributed by atoms with Gasteiger partial charge in [-0.25, -0.2) is 9.59 Å². The predicted octanol–water partition coefficient (Wildman–Crippen LogP) is 2.91. The van der Waals surface area contributed by atoms with Crippen LogP contribution in [-0.2, 0) is 13.0 Å². The molecule has 1 aliphatic rings. The van der Waals surface area contributed by atoms with E-state index in [2.05, 4.69) is 5.32 Å². The number of hydrogen-bond acceptors (Lipinski definition) is 3. The molecule has 6 nitrogen and oxygen atoms in total. The fraction of sp³-hybridized carbons (Fsp3) is 0.364. The molecule has 148 valence electrons. The summed E-state index contributed by atoms with van der Waals surface area (Å²) in [5.74, 6) is -0.763. The Labute approximate surface area is 164 Å². The summed E-state index contributed by atoms with van der Waals surface area (Å²) in [5.41, 5.74) is 2.21. The Kier molecular flexibility index (Phi) is 6.66. The van der Waals surface area contributed by atoms with Gasteiger partial charge in [-0.2, -0.15) is 0 Å². The molecule has 1 fully saturated rings. The van der Waals surface area contributed by atoms with Gasteiger partial charge in [0.15, 0.2) is 0 Å². The molecular weight excluding hydrogens is 356 g/mol. The number of piperidine rings is 1. The minimum Gasteiger partial charge on any atom is -0.478 e. The number of carbonyl (C=O) groups excluding carboxylic acids is 1. The van der Waals surface area contributed by atoms with E-state index in [4.69, 9.17) is 5.11 Å². The van der Waals surface area contributed by atoms with Gasteiger partial charge in [0.05, 0.1) is 11.7 Å². The Morgan fingerprint density at radius 1 is 1.00 bits per heavy atom. The molecule has 1 atom stereocenters. The summed E-state index contributed by atoms with van der Waals surface area (Å²) < 4.78 is 0. The van der Waals surface area contributed by atoms with Crippen LogP contribution in [-0.4, -0.2) is 46.3 Å². The van der Waals surface area contributed by atoms with Crippen LogP contribution in [0.2, 0.25) is 0 Å². The van der Waals surface area contributed by atoms with Crippen molar-refractivity contribution in [3.8, 4) is 0 Å². The van der Waals surface area contributed by atoms with Gasteiger partial charge < -0.3 is 20.4 Å². The SMILES string of the molecule is O=C(O)c1ccc(CNC(=O)N2CCC(C(O)Cc3ccccc3)CC2)cc1. The second-order valence-corrected chi connectivity index (χ2v) is 7.24. The first-order chi connectivity index (χ1) is 13.5. The summed E-state index contributed by atoms with van der Waals surface area (Å²) in [6, 6.07) is 16.3. The van der Waals surface area contributed by atoms with E-state index in [1.54, 1.807) is 17.0 Å². The van der Waals surface area contributed by atoms with Gasteiger partial charge in [-0.3, -0.25) is 0 Å². The molecule has 3 N–H and O–H groups in total. The molecule has 0 aliphatic carbocycles. The molecule has 0 bridgehead atoms. The number of nitrogens with one attached hydrogen (secondary N) is 1. The second kappa shape index (κ2) is 9.37. The molecule has 0 saturated carbocycles. The Bertz CT molecular complexity index is 784. The Morgan fingerprint density at radius 3 is 2.25 bits per heavy atom. The molecule has 3 rings (SSSR count). The van der Waals surface area contributed by atoms with Crippen molar-refractivity contribution in [3.63, 3.8) is 0 Å². The van der Waals surface area contributed by atoms with Crippen LogP contribution in [0.1, 0.15) is 34.3 Å². The zero-order valence-corrected chi connectivity index (χ0v) is 15.8. The molecule has 6 heteroatoms. The van der Waals surface area contributed by atoms with E-state index in [1.165, 1.54) is 12.1 Å². The number of aliphatic hydroxyl groups excluding tert-OH is 1. The third kappa shape index (κ3) is 5.33. The number of amides is 2. The van der Waals surface area contributed by atoms with Crippen LogP contribution in [0.25, 0.3) is 0 Å². The standard InChI is InChI=1S/C22H26N2O4/c25-20(14-16-4-2-1-3-5-16)18-10-12-24(13-11-18)22(28)23-15-17-6-8-19(9-7-17)21(26)27/h1-9,18,20,25H,10-15H2,(H,23,28)(H,26,27). The van der Waals surface area contributed by atoms with E-state index in [1.807, 2.05) is 30.3 Å². The third-order valence-corrected chi connectivity index (χ3v) is 5.30. The Hall–Kier alpha value is -2.86. The normalized spacial score (nSPS) is 15.8. The van der Waals surface area contributed by atoms with Gasteiger partial charge in [0.2, 0.25) is 0 Å². The maximum absolute atomic E-state index is 12.4. The van der Waals surface area contributed by atoms with Crippen LogP contribution in [0, 0.1) is 5.92 Å².